The molecule has 1 aliphatic carbocycles. The van der Waals surface area contributed by atoms with Gasteiger partial charge in [0.1, 0.15) is 5.75 Å². The highest BCUT2D eigenvalue weighted by molar-refractivity contribution is 7.10. The molecule has 1 aliphatic heterocycles. The van der Waals surface area contributed by atoms with Crippen molar-refractivity contribution in [3.05, 3.63) is 87.8 Å². The zero-order valence-corrected chi connectivity index (χ0v) is 21.7. The van der Waals surface area contributed by atoms with Crippen LogP contribution in [0, 0.1) is 5.41 Å². The Morgan fingerprint density at radius 3 is 2.75 bits per heavy atom. The van der Waals surface area contributed by atoms with Crippen LogP contribution in [0.25, 0.3) is 0 Å². The van der Waals surface area contributed by atoms with Gasteiger partial charge in [-0.05, 0) is 53.1 Å². The Hall–Kier alpha value is -3.58. The molecule has 2 aromatic carbocycles. The lowest BCUT2D eigenvalue weighted by molar-refractivity contribution is -0.120. The van der Waals surface area contributed by atoms with Crippen LogP contribution in [-0.2, 0) is 16.1 Å². The Morgan fingerprint density at radius 1 is 1.14 bits per heavy atom. The average Bonchev–Trinajstić information content (AvgIpc) is 3.34. The third-order valence-electron chi connectivity index (χ3n) is 6.75. The summed E-state index contributed by atoms with van der Waals surface area (Å²) in [5, 5.41) is 8.67. The van der Waals surface area contributed by atoms with E-state index in [2.05, 4.69) is 35.4 Å². The van der Waals surface area contributed by atoms with Gasteiger partial charge in [0.2, 0.25) is 5.91 Å². The molecule has 6 nitrogen and oxygen atoms in total. The number of fused-ring (bicyclic) bond motifs is 1. The number of Topliss-reactive ketones (excluding diaryl/α,β-unsaturated/α-hetero) is 1. The van der Waals surface area contributed by atoms with Gasteiger partial charge in [0, 0.05) is 29.1 Å². The second-order valence-corrected chi connectivity index (χ2v) is 11.1. The van der Waals surface area contributed by atoms with Gasteiger partial charge in [-0.2, -0.15) is 0 Å². The molecule has 2 heterocycles. The van der Waals surface area contributed by atoms with Crippen LogP contribution in [0.5, 0.6) is 5.75 Å². The van der Waals surface area contributed by atoms with Crippen molar-refractivity contribution in [2.45, 2.75) is 39.3 Å². The number of hydrogen-bond donors (Lipinski definition) is 2. The fourth-order valence-corrected chi connectivity index (χ4v) is 6.01. The van der Waals surface area contributed by atoms with E-state index in [-0.39, 0.29) is 29.7 Å². The molecule has 7 heteroatoms. The predicted octanol–water partition coefficient (Wildman–Crippen LogP) is 5.69. The number of carbonyl (C=O) groups is 2. The SMILES string of the molecule is COc1cccc(CNC(=O)CN2c3ccccc3NC3=C(C(=O)CC(C)(C)C3)C2c2cccs2)c1. The van der Waals surface area contributed by atoms with Crippen molar-refractivity contribution < 1.29 is 14.3 Å². The second-order valence-electron chi connectivity index (χ2n) is 10.1. The average molecular weight is 502 g/mol. The molecule has 0 saturated carbocycles. The highest BCUT2D eigenvalue weighted by Gasteiger charge is 2.42. The van der Waals surface area contributed by atoms with E-state index in [1.165, 1.54) is 0 Å². The second kappa shape index (κ2) is 9.82. The molecule has 1 amide bonds. The molecule has 3 aromatic rings. The molecule has 0 radical (unpaired) electrons. The van der Waals surface area contributed by atoms with Crippen molar-refractivity contribution in [3.63, 3.8) is 0 Å². The van der Waals surface area contributed by atoms with Gasteiger partial charge >= 0.3 is 0 Å². The molecule has 36 heavy (non-hydrogen) atoms. The molecule has 0 fully saturated rings. The van der Waals surface area contributed by atoms with Gasteiger partial charge in [-0.3, -0.25) is 9.59 Å². The van der Waals surface area contributed by atoms with E-state index >= 15 is 0 Å². The van der Waals surface area contributed by atoms with Crippen LogP contribution in [0.15, 0.2) is 77.3 Å². The van der Waals surface area contributed by atoms with Crippen LogP contribution in [-0.4, -0.2) is 25.3 Å². The zero-order chi connectivity index (χ0) is 25.3. The van der Waals surface area contributed by atoms with Crippen molar-refractivity contribution >= 4 is 34.4 Å². The van der Waals surface area contributed by atoms with Crippen molar-refractivity contribution in [3.8, 4) is 5.75 Å². The number of rotatable bonds is 6. The number of anilines is 2. The predicted molar refractivity (Wildman–Crippen MR) is 144 cm³/mol. The van der Waals surface area contributed by atoms with Crippen molar-refractivity contribution in [1.29, 1.82) is 0 Å². The van der Waals surface area contributed by atoms with Gasteiger partial charge in [0.05, 0.1) is 31.1 Å². The summed E-state index contributed by atoms with van der Waals surface area (Å²) < 4.78 is 5.30. The van der Waals surface area contributed by atoms with Crippen LogP contribution in [0.4, 0.5) is 11.4 Å². The molecule has 1 atom stereocenters. The first-order valence-corrected chi connectivity index (χ1v) is 13.0. The number of carbonyl (C=O) groups excluding carboxylic acids is 2. The smallest absolute Gasteiger partial charge is 0.239 e. The fraction of sp³-hybridized carbons (Fsp3) is 0.310. The summed E-state index contributed by atoms with van der Waals surface area (Å²) in [4.78, 5) is 30.1. The van der Waals surface area contributed by atoms with E-state index in [1.54, 1.807) is 18.4 Å². The molecule has 5 rings (SSSR count). The number of nitrogens with one attached hydrogen (secondary N) is 2. The van der Waals surface area contributed by atoms with E-state index in [9.17, 15) is 9.59 Å². The lowest BCUT2D eigenvalue weighted by atomic mass is 9.74. The molecule has 0 saturated heterocycles. The van der Waals surface area contributed by atoms with Gasteiger partial charge in [0.15, 0.2) is 5.78 Å². The summed E-state index contributed by atoms with van der Waals surface area (Å²) in [5.41, 5.74) is 4.39. The maximum atomic E-state index is 13.6. The quantitative estimate of drug-likeness (QED) is 0.454. The molecular formula is C29H31N3O3S. The first-order valence-electron chi connectivity index (χ1n) is 12.2. The summed E-state index contributed by atoms with van der Waals surface area (Å²) in [6.07, 6.45) is 1.27. The van der Waals surface area contributed by atoms with Gasteiger partial charge in [-0.25, -0.2) is 0 Å². The summed E-state index contributed by atoms with van der Waals surface area (Å²) >= 11 is 1.61. The Kier molecular flexibility index (Phi) is 6.58. The van der Waals surface area contributed by atoms with E-state index < -0.39 is 0 Å². The highest BCUT2D eigenvalue weighted by Crippen LogP contribution is 2.48. The maximum absolute atomic E-state index is 13.6. The number of hydrogen-bond acceptors (Lipinski definition) is 6. The standard InChI is InChI=1S/C29H31N3O3S/c1-29(2)15-22-27(24(33)16-29)28(25-12-7-13-36-25)32(23-11-5-4-10-21(23)31-22)18-26(34)30-17-19-8-6-9-20(14-19)35-3/h4-14,28,31H,15-18H2,1-3H3,(H,30,34). The number of thiophene rings is 1. The summed E-state index contributed by atoms with van der Waals surface area (Å²) in [5.74, 6) is 0.786. The van der Waals surface area contributed by atoms with Crippen molar-refractivity contribution in [1.82, 2.24) is 5.32 Å². The fourth-order valence-electron chi connectivity index (χ4n) is 5.16. The molecule has 186 valence electrons. The Morgan fingerprint density at radius 2 is 1.97 bits per heavy atom. The third-order valence-corrected chi connectivity index (χ3v) is 7.68. The molecule has 1 unspecified atom stereocenters. The van der Waals surface area contributed by atoms with Crippen LogP contribution in [0.1, 0.15) is 43.2 Å². The topological polar surface area (TPSA) is 70.7 Å². The number of amides is 1. The Bertz CT molecular complexity index is 1310. The Balaban J connectivity index is 1.51. The normalized spacial score (nSPS) is 18.6. The summed E-state index contributed by atoms with van der Waals surface area (Å²) in [6, 6.07) is 19.4. The van der Waals surface area contributed by atoms with Crippen molar-refractivity contribution in [2.24, 2.45) is 5.41 Å². The van der Waals surface area contributed by atoms with E-state index in [0.717, 1.165) is 45.3 Å². The molecule has 0 spiro atoms. The summed E-state index contributed by atoms with van der Waals surface area (Å²) in [7, 11) is 1.63. The van der Waals surface area contributed by atoms with Crippen LogP contribution in [0.3, 0.4) is 0 Å². The van der Waals surface area contributed by atoms with E-state index in [4.69, 9.17) is 4.74 Å². The van der Waals surface area contributed by atoms with Crippen LogP contribution in [0.2, 0.25) is 0 Å². The van der Waals surface area contributed by atoms with Gasteiger partial charge in [0.25, 0.3) is 0 Å². The molecular weight excluding hydrogens is 470 g/mol. The lowest BCUT2D eigenvalue weighted by Crippen LogP contribution is -2.41. The minimum atomic E-state index is -0.331. The van der Waals surface area contributed by atoms with Crippen LogP contribution < -0.4 is 20.3 Å². The van der Waals surface area contributed by atoms with Gasteiger partial charge < -0.3 is 20.3 Å². The van der Waals surface area contributed by atoms with Crippen molar-refractivity contribution in [2.75, 3.05) is 23.9 Å². The number of allylic oxidation sites excluding steroid dienone is 1. The minimum absolute atomic E-state index is 0.109. The maximum Gasteiger partial charge on any atom is 0.239 e. The number of methoxy groups -OCH3 is 1. The van der Waals surface area contributed by atoms with Gasteiger partial charge in [-0.15, -0.1) is 11.3 Å². The number of ether oxygens (including phenoxy) is 1. The minimum Gasteiger partial charge on any atom is -0.497 e. The number of benzene rings is 2. The van der Waals surface area contributed by atoms with E-state index in [1.807, 2.05) is 60.0 Å². The third kappa shape index (κ3) is 4.88. The zero-order valence-electron chi connectivity index (χ0n) is 20.8. The largest absolute Gasteiger partial charge is 0.497 e. The number of ketones is 1. The molecule has 1 aromatic heterocycles. The first-order chi connectivity index (χ1) is 17.3. The molecule has 2 N–H and O–H groups in total. The lowest BCUT2D eigenvalue weighted by Gasteiger charge is -2.37. The van der Waals surface area contributed by atoms with E-state index in [0.29, 0.717) is 13.0 Å². The number of para-hydroxylation sites is 2. The highest BCUT2D eigenvalue weighted by atomic mass is 32.1. The molecule has 2 aliphatic rings. The van der Waals surface area contributed by atoms with Crippen LogP contribution >= 0.6 is 11.3 Å². The Labute approximate surface area is 216 Å². The number of nitrogens with zero attached hydrogens (tertiary/aromatic N) is 1. The molecule has 0 bridgehead atoms. The van der Waals surface area contributed by atoms with Gasteiger partial charge in [-0.1, -0.05) is 44.2 Å². The first kappa shape index (κ1) is 24.1. The monoisotopic (exact) mass is 501 g/mol. The summed E-state index contributed by atoms with van der Waals surface area (Å²) in [6.45, 7) is 4.79.